The van der Waals surface area contributed by atoms with Gasteiger partial charge in [0.1, 0.15) is 4.90 Å². The summed E-state index contributed by atoms with van der Waals surface area (Å²) in [6, 6.07) is 7.49. The normalized spacial score (nSPS) is 11.4. The third-order valence-corrected chi connectivity index (χ3v) is 4.58. The van der Waals surface area contributed by atoms with Crippen LogP contribution in [0.2, 0.25) is 5.02 Å². The molecule has 0 amide bonds. The molecule has 0 fully saturated rings. The molecule has 2 aromatic rings. The van der Waals surface area contributed by atoms with E-state index in [-0.39, 0.29) is 10.7 Å². The van der Waals surface area contributed by atoms with E-state index in [1.165, 1.54) is 0 Å². The van der Waals surface area contributed by atoms with Gasteiger partial charge in [-0.3, -0.25) is 4.72 Å². The van der Waals surface area contributed by atoms with Crippen LogP contribution in [0.25, 0.3) is 0 Å². The minimum atomic E-state index is -4.12. The van der Waals surface area contributed by atoms with Gasteiger partial charge >= 0.3 is 0 Å². The van der Waals surface area contributed by atoms with Gasteiger partial charge in [-0.25, -0.2) is 12.8 Å². The molecule has 0 unspecified atom stereocenters. The zero-order valence-corrected chi connectivity index (χ0v) is 13.0. The van der Waals surface area contributed by atoms with Gasteiger partial charge in [0.15, 0.2) is 5.82 Å². The van der Waals surface area contributed by atoms with Gasteiger partial charge in [-0.2, -0.15) is 0 Å². The molecule has 112 valence electrons. The number of sulfonamides is 1. The number of hydrogen-bond acceptors (Lipinski definition) is 3. The summed E-state index contributed by atoms with van der Waals surface area (Å²) in [5.74, 6) is -1.02. The van der Waals surface area contributed by atoms with Crippen molar-refractivity contribution in [3.8, 4) is 0 Å². The average Bonchev–Trinajstić information content (AvgIpc) is 2.37. The van der Waals surface area contributed by atoms with Gasteiger partial charge in [0.2, 0.25) is 0 Å². The van der Waals surface area contributed by atoms with Crippen molar-refractivity contribution in [1.82, 2.24) is 0 Å². The minimum Gasteiger partial charge on any atom is -0.399 e. The van der Waals surface area contributed by atoms with Crippen LogP contribution >= 0.6 is 11.6 Å². The average molecular weight is 329 g/mol. The maximum atomic E-state index is 14.0. The molecule has 0 aliphatic carbocycles. The maximum absolute atomic E-state index is 14.0. The molecule has 0 aromatic heterocycles. The Labute approximate surface area is 127 Å². The first kappa shape index (κ1) is 15.6. The second kappa shape index (κ2) is 5.54. The molecule has 0 aliphatic heterocycles. The Hall–Kier alpha value is -1.79. The Morgan fingerprint density at radius 3 is 2.52 bits per heavy atom. The van der Waals surface area contributed by atoms with Crippen LogP contribution in [-0.2, 0) is 10.0 Å². The topological polar surface area (TPSA) is 72.2 Å². The lowest BCUT2D eigenvalue weighted by atomic mass is 10.1. The Bertz CT molecular complexity index is 807. The summed E-state index contributed by atoms with van der Waals surface area (Å²) >= 11 is 5.64. The summed E-state index contributed by atoms with van der Waals surface area (Å²) in [7, 11) is -4.12. The number of benzene rings is 2. The fourth-order valence-corrected chi connectivity index (χ4v) is 3.37. The second-order valence-electron chi connectivity index (χ2n) is 4.74. The zero-order chi connectivity index (χ0) is 15.8. The molecular weight excluding hydrogens is 315 g/mol. The number of halogens is 2. The minimum absolute atomic E-state index is 0.0720. The molecule has 0 radical (unpaired) electrons. The highest BCUT2D eigenvalue weighted by molar-refractivity contribution is 7.92. The number of hydrogen-bond donors (Lipinski definition) is 2. The van der Waals surface area contributed by atoms with E-state index in [1.807, 2.05) is 13.0 Å². The van der Waals surface area contributed by atoms with Gasteiger partial charge in [-0.05, 0) is 43.2 Å². The van der Waals surface area contributed by atoms with Gasteiger partial charge in [0, 0.05) is 5.69 Å². The summed E-state index contributed by atoms with van der Waals surface area (Å²) in [4.78, 5) is -0.576. The monoisotopic (exact) mass is 328 g/mol. The van der Waals surface area contributed by atoms with E-state index in [0.29, 0.717) is 5.69 Å². The van der Waals surface area contributed by atoms with E-state index in [0.717, 1.165) is 23.3 Å². The number of rotatable bonds is 3. The number of nitrogens with two attached hydrogens (primary N) is 1. The summed E-state index contributed by atoms with van der Waals surface area (Å²) in [5.41, 5.74) is 7.58. The molecule has 0 saturated heterocycles. The molecule has 4 nitrogen and oxygen atoms in total. The van der Waals surface area contributed by atoms with Gasteiger partial charge in [0.25, 0.3) is 10.0 Å². The number of anilines is 2. The largest absolute Gasteiger partial charge is 0.399 e. The van der Waals surface area contributed by atoms with Crippen LogP contribution in [0.5, 0.6) is 0 Å². The predicted octanol–water partition coefficient (Wildman–Crippen LogP) is 3.48. The molecule has 2 aromatic carbocycles. The Kier molecular flexibility index (Phi) is 4.11. The third-order valence-electron chi connectivity index (χ3n) is 2.94. The number of aryl methyl sites for hydroxylation is 2. The van der Waals surface area contributed by atoms with E-state index >= 15 is 0 Å². The van der Waals surface area contributed by atoms with Gasteiger partial charge in [-0.1, -0.05) is 23.7 Å². The van der Waals surface area contributed by atoms with E-state index in [4.69, 9.17) is 17.3 Å². The molecule has 0 aliphatic rings. The van der Waals surface area contributed by atoms with E-state index in [9.17, 15) is 12.8 Å². The smallest absolute Gasteiger partial charge is 0.264 e. The van der Waals surface area contributed by atoms with Crippen molar-refractivity contribution in [2.45, 2.75) is 18.7 Å². The lowest BCUT2D eigenvalue weighted by molar-refractivity contribution is 0.571. The Morgan fingerprint density at radius 1 is 1.19 bits per heavy atom. The fourth-order valence-electron chi connectivity index (χ4n) is 1.82. The van der Waals surface area contributed by atoms with Crippen LogP contribution in [0.4, 0.5) is 15.8 Å². The van der Waals surface area contributed by atoms with Gasteiger partial charge in [-0.15, -0.1) is 0 Å². The first-order valence-electron chi connectivity index (χ1n) is 6.05. The van der Waals surface area contributed by atoms with Crippen LogP contribution in [0.1, 0.15) is 11.1 Å². The quantitative estimate of drug-likeness (QED) is 0.847. The number of nitrogens with one attached hydrogen (secondary N) is 1. The van der Waals surface area contributed by atoms with Crippen molar-refractivity contribution < 1.29 is 12.8 Å². The molecule has 0 atom stereocenters. The van der Waals surface area contributed by atoms with E-state index < -0.39 is 20.7 Å². The second-order valence-corrected chi connectivity index (χ2v) is 6.80. The predicted molar refractivity (Wildman–Crippen MR) is 82.5 cm³/mol. The lowest BCUT2D eigenvalue weighted by Gasteiger charge is -2.13. The molecule has 0 bridgehead atoms. The van der Waals surface area contributed by atoms with Gasteiger partial charge in [0.05, 0.1) is 10.7 Å². The molecule has 7 heteroatoms. The molecule has 0 heterocycles. The van der Waals surface area contributed by atoms with E-state index in [1.54, 1.807) is 19.1 Å². The first-order chi connectivity index (χ1) is 9.70. The molecular formula is C14H14ClFN2O2S. The van der Waals surface area contributed by atoms with Crippen LogP contribution < -0.4 is 10.5 Å². The van der Waals surface area contributed by atoms with Crippen molar-refractivity contribution in [3.05, 3.63) is 52.3 Å². The molecule has 0 spiro atoms. The van der Waals surface area contributed by atoms with Crippen molar-refractivity contribution in [2.24, 2.45) is 0 Å². The van der Waals surface area contributed by atoms with Crippen molar-refractivity contribution in [1.29, 1.82) is 0 Å². The van der Waals surface area contributed by atoms with Crippen LogP contribution in [0.3, 0.4) is 0 Å². The van der Waals surface area contributed by atoms with Crippen LogP contribution in [-0.4, -0.2) is 8.42 Å². The molecule has 2 rings (SSSR count). The van der Waals surface area contributed by atoms with Crippen molar-refractivity contribution in [2.75, 3.05) is 10.5 Å². The summed E-state index contributed by atoms with van der Waals surface area (Å²) in [5, 5.41) is -0.337. The summed E-state index contributed by atoms with van der Waals surface area (Å²) in [6.07, 6.45) is 0. The lowest BCUT2D eigenvalue weighted by Crippen LogP contribution is -2.16. The molecule has 21 heavy (non-hydrogen) atoms. The standard InChI is InChI=1S/C14H14ClFN2O2S/c1-8-3-4-9(2)12(5-8)18-21(19,20)13-7-10(17)6-11(15)14(13)16/h3-7,18H,17H2,1-2H3. The zero-order valence-electron chi connectivity index (χ0n) is 11.4. The Balaban J connectivity index is 2.51. The fraction of sp³-hybridized carbons (Fsp3) is 0.143. The van der Waals surface area contributed by atoms with Crippen LogP contribution in [0, 0.1) is 19.7 Å². The first-order valence-corrected chi connectivity index (χ1v) is 7.91. The SMILES string of the molecule is Cc1ccc(C)c(NS(=O)(=O)c2cc(N)cc(Cl)c2F)c1. The summed E-state index contributed by atoms with van der Waals surface area (Å²) < 4.78 is 41.0. The summed E-state index contributed by atoms with van der Waals surface area (Å²) in [6.45, 7) is 3.58. The van der Waals surface area contributed by atoms with Gasteiger partial charge < -0.3 is 5.73 Å². The van der Waals surface area contributed by atoms with E-state index in [2.05, 4.69) is 4.72 Å². The van der Waals surface area contributed by atoms with Crippen molar-refractivity contribution >= 4 is 33.0 Å². The Morgan fingerprint density at radius 2 is 1.86 bits per heavy atom. The number of nitrogen functional groups attached to an aromatic ring is 1. The molecule has 0 saturated carbocycles. The highest BCUT2D eigenvalue weighted by atomic mass is 35.5. The van der Waals surface area contributed by atoms with Crippen LogP contribution in [0.15, 0.2) is 35.2 Å². The van der Waals surface area contributed by atoms with Crippen molar-refractivity contribution in [3.63, 3.8) is 0 Å². The highest BCUT2D eigenvalue weighted by Crippen LogP contribution is 2.28. The maximum Gasteiger partial charge on any atom is 0.264 e. The third kappa shape index (κ3) is 3.28. The highest BCUT2D eigenvalue weighted by Gasteiger charge is 2.22. The molecule has 3 N–H and O–H groups in total.